The van der Waals surface area contributed by atoms with Gasteiger partial charge in [0, 0.05) is 19.0 Å². The van der Waals surface area contributed by atoms with Crippen LogP contribution in [-0.4, -0.2) is 30.4 Å². The summed E-state index contributed by atoms with van der Waals surface area (Å²) in [5.74, 6) is 0.464. The summed E-state index contributed by atoms with van der Waals surface area (Å²) in [6.07, 6.45) is 5.41. The molecule has 19 heavy (non-hydrogen) atoms. The molecule has 0 atom stereocenters. The van der Waals surface area contributed by atoms with Gasteiger partial charge in [0.15, 0.2) is 0 Å². The highest BCUT2D eigenvalue weighted by Crippen LogP contribution is 2.14. The van der Waals surface area contributed by atoms with E-state index in [0.717, 1.165) is 24.2 Å². The highest BCUT2D eigenvalue weighted by atomic mass is 16.5. The lowest BCUT2D eigenvalue weighted by atomic mass is 10.1. The van der Waals surface area contributed by atoms with Gasteiger partial charge in [-0.05, 0) is 36.6 Å². The Kier molecular flexibility index (Phi) is 4.34. The second-order valence-corrected chi connectivity index (χ2v) is 4.45. The predicted octanol–water partition coefficient (Wildman–Crippen LogP) is 2.25. The molecule has 1 aromatic carbocycles. The van der Waals surface area contributed by atoms with Crippen molar-refractivity contribution < 1.29 is 14.3 Å². The van der Waals surface area contributed by atoms with Crippen LogP contribution in [0.4, 0.5) is 0 Å². The summed E-state index contributed by atoms with van der Waals surface area (Å²) < 4.78 is 5.06. The standard InChI is InChI=1S/C15H17NO3/c1-19-13-8-5-12(6-9-13)7-10-15(18)16-11-3-2-4-14(16)17/h5-10H,2-4,11H2,1H3. The summed E-state index contributed by atoms with van der Waals surface area (Å²) in [7, 11) is 1.61. The molecule has 0 aromatic heterocycles. The van der Waals surface area contributed by atoms with Crippen LogP contribution in [0.3, 0.4) is 0 Å². The zero-order chi connectivity index (χ0) is 13.7. The maximum Gasteiger partial charge on any atom is 0.253 e. The number of nitrogens with zero attached hydrogens (tertiary/aromatic N) is 1. The predicted molar refractivity (Wildman–Crippen MR) is 72.6 cm³/mol. The fourth-order valence-electron chi connectivity index (χ4n) is 2.01. The SMILES string of the molecule is COc1ccc(C=CC(=O)N2CCCCC2=O)cc1. The van der Waals surface area contributed by atoms with Crippen LogP contribution < -0.4 is 4.74 Å². The van der Waals surface area contributed by atoms with Crippen molar-refractivity contribution in [3.8, 4) is 5.75 Å². The first-order chi connectivity index (χ1) is 9.20. The molecule has 0 N–H and O–H groups in total. The highest BCUT2D eigenvalue weighted by molar-refractivity contribution is 6.03. The molecule has 1 saturated heterocycles. The van der Waals surface area contributed by atoms with E-state index >= 15 is 0 Å². The van der Waals surface area contributed by atoms with Gasteiger partial charge in [-0.25, -0.2) is 0 Å². The maximum absolute atomic E-state index is 11.9. The molecular weight excluding hydrogens is 242 g/mol. The van der Waals surface area contributed by atoms with Gasteiger partial charge in [-0.3, -0.25) is 14.5 Å². The van der Waals surface area contributed by atoms with Gasteiger partial charge in [0.2, 0.25) is 5.91 Å². The van der Waals surface area contributed by atoms with Crippen LogP contribution in [0.5, 0.6) is 5.75 Å². The number of piperidine rings is 1. The Bertz CT molecular complexity index is 491. The van der Waals surface area contributed by atoms with Gasteiger partial charge in [0.25, 0.3) is 5.91 Å². The summed E-state index contributed by atoms with van der Waals surface area (Å²) in [4.78, 5) is 24.8. The summed E-state index contributed by atoms with van der Waals surface area (Å²) >= 11 is 0. The minimum Gasteiger partial charge on any atom is -0.497 e. The third kappa shape index (κ3) is 3.44. The monoisotopic (exact) mass is 259 g/mol. The molecule has 2 rings (SSSR count). The van der Waals surface area contributed by atoms with E-state index in [9.17, 15) is 9.59 Å². The van der Waals surface area contributed by atoms with Gasteiger partial charge in [-0.2, -0.15) is 0 Å². The average molecular weight is 259 g/mol. The molecule has 1 heterocycles. The van der Waals surface area contributed by atoms with Crippen molar-refractivity contribution in [2.24, 2.45) is 0 Å². The van der Waals surface area contributed by atoms with E-state index in [1.807, 2.05) is 24.3 Å². The van der Waals surface area contributed by atoms with Crippen molar-refractivity contribution in [2.45, 2.75) is 19.3 Å². The Morgan fingerprint density at radius 2 is 2.00 bits per heavy atom. The van der Waals surface area contributed by atoms with Crippen LogP contribution in [-0.2, 0) is 9.59 Å². The minimum atomic E-state index is -0.236. The lowest BCUT2D eigenvalue weighted by molar-refractivity contribution is -0.143. The number of amides is 2. The maximum atomic E-state index is 11.9. The van der Waals surface area contributed by atoms with E-state index in [-0.39, 0.29) is 11.8 Å². The number of hydrogen-bond donors (Lipinski definition) is 0. The smallest absolute Gasteiger partial charge is 0.253 e. The van der Waals surface area contributed by atoms with Crippen LogP contribution in [0, 0.1) is 0 Å². The van der Waals surface area contributed by atoms with Gasteiger partial charge in [-0.1, -0.05) is 12.1 Å². The minimum absolute atomic E-state index is 0.0735. The number of likely N-dealkylation sites (tertiary alicyclic amines) is 1. The Labute approximate surface area is 112 Å². The fraction of sp³-hybridized carbons (Fsp3) is 0.333. The Balaban J connectivity index is 2.00. The zero-order valence-electron chi connectivity index (χ0n) is 11.0. The van der Waals surface area contributed by atoms with Crippen molar-refractivity contribution in [1.82, 2.24) is 4.90 Å². The van der Waals surface area contributed by atoms with Crippen LogP contribution in [0.1, 0.15) is 24.8 Å². The molecule has 1 aromatic rings. The number of rotatable bonds is 3. The van der Waals surface area contributed by atoms with Gasteiger partial charge >= 0.3 is 0 Å². The number of benzene rings is 1. The van der Waals surface area contributed by atoms with Crippen molar-refractivity contribution >= 4 is 17.9 Å². The summed E-state index contributed by atoms with van der Waals surface area (Å²) in [6, 6.07) is 7.38. The molecule has 1 aliphatic heterocycles. The lowest BCUT2D eigenvalue weighted by Gasteiger charge is -2.23. The van der Waals surface area contributed by atoms with Crippen LogP contribution in [0.2, 0.25) is 0 Å². The molecule has 0 bridgehead atoms. The first kappa shape index (κ1) is 13.3. The third-order valence-corrected chi connectivity index (χ3v) is 3.12. The number of hydrogen-bond acceptors (Lipinski definition) is 3. The molecule has 100 valence electrons. The lowest BCUT2D eigenvalue weighted by Crippen LogP contribution is -2.39. The van der Waals surface area contributed by atoms with Gasteiger partial charge in [0.05, 0.1) is 7.11 Å². The van der Waals surface area contributed by atoms with E-state index < -0.39 is 0 Å². The van der Waals surface area contributed by atoms with Crippen molar-refractivity contribution in [3.63, 3.8) is 0 Å². The molecule has 1 aliphatic rings. The Morgan fingerprint density at radius 1 is 1.26 bits per heavy atom. The quantitative estimate of drug-likeness (QED) is 0.782. The number of imide groups is 1. The Hall–Kier alpha value is -2.10. The van der Waals surface area contributed by atoms with E-state index in [0.29, 0.717) is 13.0 Å². The first-order valence-corrected chi connectivity index (χ1v) is 6.37. The molecule has 0 unspecified atom stereocenters. The molecule has 0 spiro atoms. The highest BCUT2D eigenvalue weighted by Gasteiger charge is 2.22. The number of ether oxygens (including phenoxy) is 1. The molecular formula is C15H17NO3. The molecule has 0 radical (unpaired) electrons. The molecule has 0 aliphatic carbocycles. The third-order valence-electron chi connectivity index (χ3n) is 3.12. The Morgan fingerprint density at radius 3 is 2.63 bits per heavy atom. The van der Waals surface area contributed by atoms with Gasteiger partial charge in [0.1, 0.15) is 5.75 Å². The summed E-state index contributed by atoms with van der Waals surface area (Å²) in [5.41, 5.74) is 0.901. The van der Waals surface area contributed by atoms with Crippen molar-refractivity contribution in [2.75, 3.05) is 13.7 Å². The topological polar surface area (TPSA) is 46.6 Å². The van der Waals surface area contributed by atoms with E-state index in [1.54, 1.807) is 13.2 Å². The second kappa shape index (κ2) is 6.18. The van der Waals surface area contributed by atoms with E-state index in [4.69, 9.17) is 4.74 Å². The largest absolute Gasteiger partial charge is 0.497 e. The molecule has 2 amide bonds. The van der Waals surface area contributed by atoms with E-state index in [2.05, 4.69) is 0 Å². The average Bonchev–Trinajstić information content (AvgIpc) is 2.46. The number of methoxy groups -OCH3 is 1. The number of carbonyl (C=O) groups excluding carboxylic acids is 2. The van der Waals surface area contributed by atoms with Gasteiger partial charge in [-0.15, -0.1) is 0 Å². The zero-order valence-corrected chi connectivity index (χ0v) is 11.0. The molecule has 4 nitrogen and oxygen atoms in total. The van der Waals surface area contributed by atoms with Crippen molar-refractivity contribution in [1.29, 1.82) is 0 Å². The second-order valence-electron chi connectivity index (χ2n) is 4.45. The van der Waals surface area contributed by atoms with Crippen LogP contribution in [0.15, 0.2) is 30.3 Å². The summed E-state index contributed by atoms with van der Waals surface area (Å²) in [6.45, 7) is 0.532. The fourth-order valence-corrected chi connectivity index (χ4v) is 2.01. The van der Waals surface area contributed by atoms with Crippen LogP contribution >= 0.6 is 0 Å². The van der Waals surface area contributed by atoms with Gasteiger partial charge < -0.3 is 4.74 Å². The van der Waals surface area contributed by atoms with Crippen LogP contribution in [0.25, 0.3) is 6.08 Å². The molecule has 4 heteroatoms. The van der Waals surface area contributed by atoms with Crippen molar-refractivity contribution in [3.05, 3.63) is 35.9 Å². The normalized spacial score (nSPS) is 15.8. The summed E-state index contributed by atoms with van der Waals surface area (Å²) in [5, 5.41) is 0. The van der Waals surface area contributed by atoms with E-state index in [1.165, 1.54) is 11.0 Å². The molecule has 0 saturated carbocycles. The molecule has 1 fully saturated rings. The first-order valence-electron chi connectivity index (χ1n) is 6.37. The number of carbonyl (C=O) groups is 2.